The molecule has 0 unspecified atom stereocenters. The number of hydrogen-bond donors (Lipinski definition) is 0. The van der Waals surface area contributed by atoms with Gasteiger partial charge in [-0.25, -0.2) is 0 Å². The van der Waals surface area contributed by atoms with Crippen molar-refractivity contribution in [3.05, 3.63) is 24.3 Å². The molecule has 0 N–H and O–H groups in total. The van der Waals surface area contributed by atoms with Crippen molar-refractivity contribution in [2.45, 2.75) is 38.5 Å². The second-order valence-corrected chi connectivity index (χ2v) is 5.52. The van der Waals surface area contributed by atoms with Crippen LogP contribution in [-0.4, -0.2) is 26.2 Å². The molecule has 1 aromatic rings. The fourth-order valence-electron chi connectivity index (χ4n) is 3.08. The first-order valence-electron chi connectivity index (χ1n) is 7.46. The van der Waals surface area contributed by atoms with Crippen molar-refractivity contribution in [3.63, 3.8) is 0 Å². The van der Waals surface area contributed by atoms with Crippen LogP contribution < -0.4 is 9.80 Å². The number of benzene rings is 1. The van der Waals surface area contributed by atoms with Crippen molar-refractivity contribution in [1.82, 2.24) is 0 Å². The molecule has 0 bridgehead atoms. The standard InChI is InChI=1S/C16H23N2/c1-3-10-17(11-4-1)15-8-7-9-16(14-15)18-12-5-2-6-13-18/h7-9H,1-6,10-13H2. The van der Waals surface area contributed by atoms with Crippen LogP contribution in [0.3, 0.4) is 0 Å². The summed E-state index contributed by atoms with van der Waals surface area (Å²) in [6.07, 6.45) is 8.12. The lowest BCUT2D eigenvalue weighted by Gasteiger charge is -2.32. The molecule has 0 amide bonds. The summed E-state index contributed by atoms with van der Waals surface area (Å²) in [7, 11) is 0. The molecular weight excluding hydrogens is 220 g/mol. The van der Waals surface area contributed by atoms with Crippen molar-refractivity contribution in [3.8, 4) is 0 Å². The average molecular weight is 243 g/mol. The van der Waals surface area contributed by atoms with Gasteiger partial charge in [0.2, 0.25) is 0 Å². The lowest BCUT2D eigenvalue weighted by molar-refractivity contribution is 0.573. The van der Waals surface area contributed by atoms with Crippen molar-refractivity contribution in [1.29, 1.82) is 0 Å². The van der Waals surface area contributed by atoms with Gasteiger partial charge in [-0.15, -0.1) is 0 Å². The Hall–Kier alpha value is -1.18. The van der Waals surface area contributed by atoms with Gasteiger partial charge in [0.1, 0.15) is 0 Å². The molecule has 2 nitrogen and oxygen atoms in total. The Morgan fingerprint density at radius 2 is 1.11 bits per heavy atom. The minimum atomic E-state index is 1.21. The first-order chi connectivity index (χ1) is 8.93. The van der Waals surface area contributed by atoms with Crippen molar-refractivity contribution in [2.75, 3.05) is 36.0 Å². The van der Waals surface area contributed by atoms with Gasteiger partial charge in [-0.2, -0.15) is 0 Å². The molecule has 1 radical (unpaired) electrons. The third-order valence-electron chi connectivity index (χ3n) is 4.16. The van der Waals surface area contributed by atoms with Crippen LogP contribution in [0.1, 0.15) is 38.5 Å². The molecule has 18 heavy (non-hydrogen) atoms. The van der Waals surface area contributed by atoms with E-state index in [9.17, 15) is 0 Å². The van der Waals surface area contributed by atoms with E-state index in [1.807, 2.05) is 0 Å². The van der Waals surface area contributed by atoms with Crippen molar-refractivity contribution in [2.24, 2.45) is 0 Å². The normalized spacial score (nSPS) is 21.1. The second-order valence-electron chi connectivity index (χ2n) is 5.52. The highest BCUT2D eigenvalue weighted by molar-refractivity contribution is 5.58. The van der Waals surface area contributed by atoms with Gasteiger partial charge in [0, 0.05) is 43.6 Å². The highest BCUT2D eigenvalue weighted by atomic mass is 15.2. The monoisotopic (exact) mass is 243 g/mol. The third-order valence-corrected chi connectivity index (χ3v) is 4.16. The third kappa shape index (κ3) is 2.63. The van der Waals surface area contributed by atoms with E-state index in [0.717, 1.165) is 0 Å². The summed E-state index contributed by atoms with van der Waals surface area (Å²) < 4.78 is 0. The SMILES string of the molecule is [c]1c(N2CCCCC2)cccc1N1CCCCC1. The summed E-state index contributed by atoms with van der Waals surface area (Å²) in [5.74, 6) is 0. The van der Waals surface area contributed by atoms with Crippen LogP contribution in [0.2, 0.25) is 0 Å². The van der Waals surface area contributed by atoms with E-state index in [0.29, 0.717) is 0 Å². The molecular formula is C16H23N2. The maximum absolute atomic E-state index is 3.64. The summed E-state index contributed by atoms with van der Waals surface area (Å²) in [5.41, 5.74) is 2.61. The number of nitrogens with zero attached hydrogens (tertiary/aromatic N) is 2. The average Bonchev–Trinajstić information content (AvgIpc) is 2.49. The topological polar surface area (TPSA) is 6.48 Å². The molecule has 0 aromatic heterocycles. The van der Waals surface area contributed by atoms with Gasteiger partial charge in [0.25, 0.3) is 0 Å². The van der Waals surface area contributed by atoms with Crippen LogP contribution in [-0.2, 0) is 0 Å². The Bertz CT molecular complexity index is 343. The Morgan fingerprint density at radius 1 is 0.667 bits per heavy atom. The Kier molecular flexibility index (Phi) is 3.72. The van der Waals surface area contributed by atoms with Gasteiger partial charge in [0.05, 0.1) is 0 Å². The van der Waals surface area contributed by atoms with Crippen LogP contribution in [0, 0.1) is 6.07 Å². The van der Waals surface area contributed by atoms with Crippen molar-refractivity contribution >= 4 is 11.4 Å². The molecule has 2 heteroatoms. The molecule has 0 spiro atoms. The number of rotatable bonds is 2. The molecule has 97 valence electrons. The van der Waals surface area contributed by atoms with Gasteiger partial charge >= 0.3 is 0 Å². The molecule has 2 aliphatic heterocycles. The van der Waals surface area contributed by atoms with Crippen molar-refractivity contribution < 1.29 is 0 Å². The van der Waals surface area contributed by atoms with E-state index < -0.39 is 0 Å². The Labute approximate surface area is 111 Å². The minimum Gasteiger partial charge on any atom is -0.371 e. The van der Waals surface area contributed by atoms with Crippen LogP contribution in [0.15, 0.2) is 18.2 Å². The van der Waals surface area contributed by atoms with Gasteiger partial charge in [0.15, 0.2) is 0 Å². The zero-order valence-corrected chi connectivity index (χ0v) is 11.2. The quantitative estimate of drug-likeness (QED) is 0.785. The summed E-state index contributed by atoms with van der Waals surface area (Å²) >= 11 is 0. The number of piperidine rings is 2. The van der Waals surface area contributed by atoms with Crippen LogP contribution in [0.25, 0.3) is 0 Å². The van der Waals surface area contributed by atoms with E-state index in [-0.39, 0.29) is 0 Å². The molecule has 1 aromatic carbocycles. The lowest BCUT2D eigenvalue weighted by atomic mass is 10.1. The lowest BCUT2D eigenvalue weighted by Crippen LogP contribution is -2.31. The van der Waals surface area contributed by atoms with E-state index in [1.54, 1.807) is 0 Å². The molecule has 0 atom stereocenters. The molecule has 2 fully saturated rings. The Balaban J connectivity index is 1.75. The van der Waals surface area contributed by atoms with E-state index in [4.69, 9.17) is 0 Å². The largest absolute Gasteiger partial charge is 0.371 e. The smallest absolute Gasteiger partial charge is 0.0468 e. The summed E-state index contributed by atoms with van der Waals surface area (Å²) in [6.45, 7) is 4.83. The highest BCUT2D eigenvalue weighted by Gasteiger charge is 2.14. The van der Waals surface area contributed by atoms with E-state index in [2.05, 4.69) is 34.1 Å². The molecule has 2 heterocycles. The predicted molar refractivity (Wildman–Crippen MR) is 77.4 cm³/mol. The Morgan fingerprint density at radius 3 is 1.56 bits per heavy atom. The van der Waals surface area contributed by atoms with Gasteiger partial charge in [-0.05, 0) is 50.7 Å². The first kappa shape index (κ1) is 11.9. The maximum atomic E-state index is 3.64. The summed E-state index contributed by atoms with van der Waals surface area (Å²) in [4.78, 5) is 4.99. The van der Waals surface area contributed by atoms with E-state index >= 15 is 0 Å². The number of anilines is 2. The van der Waals surface area contributed by atoms with Gasteiger partial charge < -0.3 is 9.80 Å². The summed E-state index contributed by atoms with van der Waals surface area (Å²) in [6, 6.07) is 10.3. The fraction of sp³-hybridized carbons (Fsp3) is 0.625. The van der Waals surface area contributed by atoms with Crippen LogP contribution in [0.4, 0.5) is 11.4 Å². The minimum absolute atomic E-state index is 1.21. The van der Waals surface area contributed by atoms with Gasteiger partial charge in [-0.1, -0.05) is 6.07 Å². The molecule has 3 rings (SSSR count). The van der Waals surface area contributed by atoms with E-state index in [1.165, 1.54) is 76.1 Å². The fourth-order valence-corrected chi connectivity index (χ4v) is 3.08. The highest BCUT2D eigenvalue weighted by Crippen LogP contribution is 2.26. The zero-order chi connectivity index (χ0) is 12.2. The molecule has 0 aliphatic carbocycles. The second kappa shape index (κ2) is 5.64. The predicted octanol–water partition coefficient (Wildman–Crippen LogP) is 3.47. The van der Waals surface area contributed by atoms with Crippen LogP contribution >= 0.6 is 0 Å². The first-order valence-corrected chi connectivity index (χ1v) is 7.46. The maximum Gasteiger partial charge on any atom is 0.0468 e. The van der Waals surface area contributed by atoms with Crippen LogP contribution in [0.5, 0.6) is 0 Å². The molecule has 2 saturated heterocycles. The summed E-state index contributed by atoms with van der Waals surface area (Å²) in [5, 5.41) is 0. The number of hydrogen-bond acceptors (Lipinski definition) is 2. The zero-order valence-electron chi connectivity index (χ0n) is 11.2. The molecule has 2 aliphatic rings. The molecule has 0 saturated carbocycles. The van der Waals surface area contributed by atoms with Gasteiger partial charge in [-0.3, -0.25) is 0 Å².